The Bertz CT molecular complexity index is 1040. The van der Waals surface area contributed by atoms with Crippen LogP contribution < -0.4 is 0 Å². The smallest absolute Gasteiger partial charge is 0.306 e. The van der Waals surface area contributed by atoms with Crippen LogP contribution in [-0.4, -0.2) is 89.6 Å². The number of hydrogen-bond donors (Lipinski definition) is 4. The molecule has 0 aliphatic carbocycles. The van der Waals surface area contributed by atoms with Crippen LogP contribution in [0, 0.1) is 0 Å². The number of hydrogen-bond acceptors (Lipinski definition) is 9. The number of unbranched alkanes of at least 4 members (excludes halogenated alkanes) is 16. The predicted molar refractivity (Wildman–Crippen MR) is 228 cm³/mol. The molecule has 6 atom stereocenters. The van der Waals surface area contributed by atoms with Gasteiger partial charge >= 0.3 is 5.97 Å². The van der Waals surface area contributed by atoms with E-state index in [-0.39, 0.29) is 19.2 Å². The van der Waals surface area contributed by atoms with Crippen LogP contribution in [0.3, 0.4) is 0 Å². The van der Waals surface area contributed by atoms with Gasteiger partial charge in [-0.1, -0.05) is 145 Å². The van der Waals surface area contributed by atoms with Crippen LogP contribution in [0.15, 0.2) is 60.8 Å². The quantitative estimate of drug-likeness (QED) is 0.0276. The number of aliphatic hydroxyl groups excluding tert-OH is 4. The van der Waals surface area contributed by atoms with Crippen molar-refractivity contribution in [3.8, 4) is 0 Å². The molecular formula is C47H82O9. The molecule has 4 N–H and O–H groups in total. The lowest BCUT2D eigenvalue weighted by Crippen LogP contribution is -2.59. The third kappa shape index (κ3) is 29.2. The van der Waals surface area contributed by atoms with Gasteiger partial charge in [-0.3, -0.25) is 4.79 Å². The minimum atomic E-state index is -1.54. The third-order valence-corrected chi connectivity index (χ3v) is 9.92. The molecule has 9 nitrogen and oxygen atoms in total. The van der Waals surface area contributed by atoms with Crippen LogP contribution in [0.4, 0.5) is 0 Å². The summed E-state index contributed by atoms with van der Waals surface area (Å²) in [7, 11) is 0. The van der Waals surface area contributed by atoms with Crippen molar-refractivity contribution in [2.24, 2.45) is 0 Å². The number of carbonyl (C=O) groups is 1. The summed E-state index contributed by atoms with van der Waals surface area (Å²) in [5.41, 5.74) is 0. The molecule has 1 saturated heterocycles. The molecule has 9 heteroatoms. The highest BCUT2D eigenvalue weighted by atomic mass is 16.7. The van der Waals surface area contributed by atoms with Crippen molar-refractivity contribution in [1.29, 1.82) is 0 Å². The van der Waals surface area contributed by atoms with Gasteiger partial charge in [0.25, 0.3) is 0 Å². The summed E-state index contributed by atoms with van der Waals surface area (Å²) in [6, 6.07) is 0. The van der Waals surface area contributed by atoms with Gasteiger partial charge in [-0.25, -0.2) is 0 Å². The van der Waals surface area contributed by atoms with E-state index < -0.39 is 43.4 Å². The zero-order valence-corrected chi connectivity index (χ0v) is 35.4. The second-order valence-corrected chi connectivity index (χ2v) is 15.1. The first-order valence-electron chi connectivity index (χ1n) is 22.4. The summed E-state index contributed by atoms with van der Waals surface area (Å²) in [6.45, 7) is 4.38. The molecule has 0 spiro atoms. The number of aliphatic hydroxyl groups is 4. The average Bonchev–Trinajstić information content (AvgIpc) is 3.20. The van der Waals surface area contributed by atoms with Crippen LogP contribution in [0.25, 0.3) is 0 Å². The molecule has 1 rings (SSSR count). The number of ether oxygens (including phenoxy) is 4. The van der Waals surface area contributed by atoms with Crippen molar-refractivity contribution in [2.45, 2.75) is 205 Å². The van der Waals surface area contributed by atoms with Crippen LogP contribution in [0.5, 0.6) is 0 Å². The number of esters is 1. The molecule has 1 heterocycles. The van der Waals surface area contributed by atoms with E-state index in [4.69, 9.17) is 18.9 Å². The molecule has 1 aliphatic heterocycles. The van der Waals surface area contributed by atoms with E-state index in [2.05, 4.69) is 74.6 Å². The summed E-state index contributed by atoms with van der Waals surface area (Å²) < 4.78 is 22.8. The molecule has 0 saturated carbocycles. The minimum absolute atomic E-state index is 0.125. The Morgan fingerprint density at radius 2 is 1.09 bits per heavy atom. The monoisotopic (exact) mass is 791 g/mol. The molecule has 0 amide bonds. The maximum atomic E-state index is 12.8. The fourth-order valence-electron chi connectivity index (χ4n) is 6.42. The zero-order chi connectivity index (χ0) is 40.7. The second kappa shape index (κ2) is 38.4. The Morgan fingerprint density at radius 1 is 0.589 bits per heavy atom. The van der Waals surface area contributed by atoms with Gasteiger partial charge in [-0.2, -0.15) is 0 Å². The Kier molecular flexibility index (Phi) is 35.6. The van der Waals surface area contributed by atoms with E-state index in [1.165, 1.54) is 57.8 Å². The average molecular weight is 791 g/mol. The molecule has 0 aromatic carbocycles. The molecule has 0 radical (unpaired) electrons. The summed E-state index contributed by atoms with van der Waals surface area (Å²) in [4.78, 5) is 12.8. The lowest BCUT2D eigenvalue weighted by atomic mass is 9.99. The third-order valence-electron chi connectivity index (χ3n) is 9.92. The van der Waals surface area contributed by atoms with Gasteiger partial charge in [0, 0.05) is 13.0 Å². The number of allylic oxidation sites excluding steroid dienone is 10. The van der Waals surface area contributed by atoms with Crippen molar-refractivity contribution >= 4 is 5.97 Å². The molecule has 1 aliphatic rings. The van der Waals surface area contributed by atoms with Gasteiger partial charge in [0.15, 0.2) is 6.29 Å². The fourth-order valence-corrected chi connectivity index (χ4v) is 6.42. The highest BCUT2D eigenvalue weighted by molar-refractivity contribution is 5.69. The van der Waals surface area contributed by atoms with Gasteiger partial charge in [0.2, 0.25) is 0 Å². The Hall–Kier alpha value is -2.11. The van der Waals surface area contributed by atoms with Crippen molar-refractivity contribution in [3.05, 3.63) is 60.8 Å². The summed E-state index contributed by atoms with van der Waals surface area (Å²) >= 11 is 0. The fraction of sp³-hybridized carbons (Fsp3) is 0.766. The van der Waals surface area contributed by atoms with Gasteiger partial charge in [0.1, 0.15) is 30.5 Å². The van der Waals surface area contributed by atoms with E-state index in [0.29, 0.717) is 13.0 Å². The molecule has 56 heavy (non-hydrogen) atoms. The molecular weight excluding hydrogens is 709 g/mol. The number of rotatable bonds is 37. The van der Waals surface area contributed by atoms with Gasteiger partial charge in [-0.15, -0.1) is 0 Å². The highest BCUT2D eigenvalue weighted by Crippen LogP contribution is 2.22. The molecule has 6 unspecified atom stereocenters. The number of carbonyl (C=O) groups excluding carboxylic acids is 1. The first kappa shape index (κ1) is 51.9. The normalized spacial score (nSPS) is 21.1. The lowest BCUT2D eigenvalue weighted by molar-refractivity contribution is -0.305. The summed E-state index contributed by atoms with van der Waals surface area (Å²) in [5, 5.41) is 40.1. The Labute approximate surface area is 341 Å². The van der Waals surface area contributed by atoms with E-state index in [1.54, 1.807) is 0 Å². The van der Waals surface area contributed by atoms with E-state index in [9.17, 15) is 25.2 Å². The predicted octanol–water partition coefficient (Wildman–Crippen LogP) is 9.91. The zero-order valence-electron chi connectivity index (χ0n) is 35.4. The van der Waals surface area contributed by atoms with Crippen LogP contribution in [0.2, 0.25) is 0 Å². The van der Waals surface area contributed by atoms with Crippen molar-refractivity contribution in [2.75, 3.05) is 26.4 Å². The highest BCUT2D eigenvalue weighted by Gasteiger charge is 2.44. The maximum absolute atomic E-state index is 12.8. The molecule has 324 valence electrons. The van der Waals surface area contributed by atoms with Crippen molar-refractivity contribution < 1.29 is 44.2 Å². The second-order valence-electron chi connectivity index (χ2n) is 15.1. The van der Waals surface area contributed by atoms with E-state index >= 15 is 0 Å². The van der Waals surface area contributed by atoms with E-state index in [1.807, 2.05) is 0 Å². The van der Waals surface area contributed by atoms with Gasteiger partial charge in [-0.05, 0) is 77.0 Å². The maximum Gasteiger partial charge on any atom is 0.306 e. The summed E-state index contributed by atoms with van der Waals surface area (Å²) in [6.07, 6.45) is 41.0. The standard InChI is InChI=1S/C47H82O9/c1-3-5-7-9-11-13-15-17-19-20-21-23-25-27-29-31-33-35-37-53-39-41(40-54-47-46(52)45(51)44(50)42(38-48)56-47)55-43(49)36-34-32-30-28-26-24-22-18-16-14-12-10-8-6-4-2/h5,7,11-14,17-19,22,41-42,44-48,50-52H,3-4,6,8-10,15-16,20-21,23-40H2,1-2H3/b7-5-,13-11-,14-12-,19-17-,22-18-. The van der Waals surface area contributed by atoms with Gasteiger partial charge in [0.05, 0.1) is 19.8 Å². The topological polar surface area (TPSA) is 135 Å². The van der Waals surface area contributed by atoms with Gasteiger partial charge < -0.3 is 39.4 Å². The van der Waals surface area contributed by atoms with Crippen LogP contribution in [0.1, 0.15) is 168 Å². The Balaban J connectivity index is 2.28. The minimum Gasteiger partial charge on any atom is -0.457 e. The first-order chi connectivity index (χ1) is 27.4. The van der Waals surface area contributed by atoms with Crippen molar-refractivity contribution in [3.63, 3.8) is 0 Å². The van der Waals surface area contributed by atoms with E-state index in [0.717, 1.165) is 89.9 Å². The van der Waals surface area contributed by atoms with Crippen molar-refractivity contribution in [1.82, 2.24) is 0 Å². The van der Waals surface area contributed by atoms with Crippen LogP contribution >= 0.6 is 0 Å². The SMILES string of the molecule is CC/C=C\C/C=C\C/C=C\CCCCCCCCCCOCC(COC1OC(CO)C(O)C(O)C1O)OC(=O)CCCCCCC/C=C\C/C=C\CCCCC. The van der Waals surface area contributed by atoms with Crippen LogP contribution in [-0.2, 0) is 23.7 Å². The first-order valence-corrected chi connectivity index (χ1v) is 22.4. The molecule has 0 bridgehead atoms. The largest absolute Gasteiger partial charge is 0.457 e. The molecule has 0 aromatic rings. The lowest BCUT2D eigenvalue weighted by Gasteiger charge is -2.39. The molecule has 0 aromatic heterocycles. The molecule has 1 fully saturated rings. The Morgan fingerprint density at radius 3 is 1.64 bits per heavy atom. The summed E-state index contributed by atoms with van der Waals surface area (Å²) in [5.74, 6) is -0.333.